The number of methoxy groups -OCH3 is 3. The molecular weight excluding hydrogens is 334 g/mol. The number of nitrogens with zero attached hydrogens (tertiary/aromatic N) is 1. The van der Waals surface area contributed by atoms with Crippen molar-refractivity contribution in [1.82, 2.24) is 0 Å². The van der Waals surface area contributed by atoms with Gasteiger partial charge in [-0.2, -0.15) is 0 Å². The number of carbonyl (C=O) groups excluding carboxylic acids is 2. The van der Waals surface area contributed by atoms with E-state index in [1.165, 1.54) is 32.3 Å². The highest BCUT2D eigenvalue weighted by atomic mass is 35.5. The van der Waals surface area contributed by atoms with E-state index >= 15 is 0 Å². The molecule has 0 saturated carbocycles. The third kappa shape index (κ3) is 3.44. The number of esters is 2. The fourth-order valence-electron chi connectivity index (χ4n) is 2.16. The van der Waals surface area contributed by atoms with Crippen LogP contribution < -0.4 is 9.64 Å². The second-order valence-electron chi connectivity index (χ2n) is 4.63. The van der Waals surface area contributed by atoms with E-state index in [-0.39, 0.29) is 11.3 Å². The van der Waals surface area contributed by atoms with Gasteiger partial charge in [-0.3, -0.25) is 0 Å². The zero-order valence-corrected chi connectivity index (χ0v) is 14.2. The van der Waals surface area contributed by atoms with Gasteiger partial charge in [0.2, 0.25) is 0 Å². The van der Waals surface area contributed by atoms with E-state index in [1.807, 2.05) is 0 Å². The Bertz CT molecular complexity index is 751. The average molecular weight is 350 g/mol. The van der Waals surface area contributed by atoms with Gasteiger partial charge < -0.3 is 19.1 Å². The molecule has 24 heavy (non-hydrogen) atoms. The van der Waals surface area contributed by atoms with E-state index in [0.717, 1.165) is 0 Å². The van der Waals surface area contributed by atoms with Crippen molar-refractivity contribution in [1.29, 1.82) is 0 Å². The molecule has 0 aliphatic carbocycles. The van der Waals surface area contributed by atoms with Crippen LogP contribution in [0, 0.1) is 0 Å². The van der Waals surface area contributed by atoms with Gasteiger partial charge in [0.05, 0.1) is 37.6 Å². The number of benzene rings is 1. The largest absolute Gasteiger partial charge is 0.497 e. The van der Waals surface area contributed by atoms with Gasteiger partial charge in [-0.05, 0) is 24.3 Å². The molecule has 0 amide bonds. The first-order valence-corrected chi connectivity index (χ1v) is 7.29. The number of ether oxygens (including phenoxy) is 3. The van der Waals surface area contributed by atoms with Gasteiger partial charge in [-0.1, -0.05) is 17.7 Å². The number of carbonyl (C=O) groups is 2. The average Bonchev–Trinajstić information content (AvgIpc) is 2.82. The molecule has 7 heteroatoms. The summed E-state index contributed by atoms with van der Waals surface area (Å²) in [7, 11) is 3.99. The molecule has 1 aromatic carbocycles. The lowest BCUT2D eigenvalue weighted by Crippen LogP contribution is -2.27. The Kier molecular flexibility index (Phi) is 5.65. The highest BCUT2D eigenvalue weighted by Crippen LogP contribution is 2.34. The molecule has 1 aliphatic rings. The van der Waals surface area contributed by atoms with E-state index < -0.39 is 11.9 Å². The molecule has 0 fully saturated rings. The van der Waals surface area contributed by atoms with Crippen LogP contribution in [0.5, 0.6) is 5.75 Å². The summed E-state index contributed by atoms with van der Waals surface area (Å²) >= 11 is 6.30. The van der Waals surface area contributed by atoms with Crippen molar-refractivity contribution in [2.24, 2.45) is 0 Å². The predicted octanol–water partition coefficient (Wildman–Crippen LogP) is 2.84. The second kappa shape index (κ2) is 7.70. The van der Waals surface area contributed by atoms with Crippen molar-refractivity contribution in [3.8, 4) is 5.75 Å². The van der Waals surface area contributed by atoms with E-state index in [2.05, 4.69) is 0 Å². The van der Waals surface area contributed by atoms with Gasteiger partial charge in [0, 0.05) is 12.3 Å². The van der Waals surface area contributed by atoms with Gasteiger partial charge in [0.1, 0.15) is 11.4 Å². The Hall–Kier alpha value is -2.73. The Labute approximate surface area is 144 Å². The molecule has 6 nitrogen and oxygen atoms in total. The SMILES string of the molecule is COC(=O)C1=C(C(=O)OC)N(c2ccc(OC)cc2Cl)C=CC=C1. The van der Waals surface area contributed by atoms with Crippen LogP contribution in [0.2, 0.25) is 5.02 Å². The molecule has 0 spiro atoms. The summed E-state index contributed by atoms with van der Waals surface area (Å²) in [5, 5.41) is 0.339. The molecule has 126 valence electrons. The van der Waals surface area contributed by atoms with Gasteiger partial charge in [-0.25, -0.2) is 9.59 Å². The molecule has 1 aromatic rings. The van der Waals surface area contributed by atoms with Gasteiger partial charge in [0.15, 0.2) is 0 Å². The quantitative estimate of drug-likeness (QED) is 0.779. The summed E-state index contributed by atoms with van der Waals surface area (Å²) in [6, 6.07) is 4.98. The molecule has 0 N–H and O–H groups in total. The van der Waals surface area contributed by atoms with Crippen LogP contribution in [0.15, 0.2) is 53.9 Å². The van der Waals surface area contributed by atoms with E-state index in [1.54, 1.807) is 36.6 Å². The van der Waals surface area contributed by atoms with Crippen molar-refractivity contribution in [3.63, 3.8) is 0 Å². The molecule has 1 heterocycles. The molecule has 1 aliphatic heterocycles. The third-order valence-corrected chi connectivity index (χ3v) is 3.61. The smallest absolute Gasteiger partial charge is 0.355 e. The zero-order valence-electron chi connectivity index (χ0n) is 13.4. The minimum absolute atomic E-state index is 0.00131. The van der Waals surface area contributed by atoms with E-state index in [0.29, 0.717) is 16.5 Å². The maximum Gasteiger partial charge on any atom is 0.355 e. The van der Waals surface area contributed by atoms with Crippen LogP contribution >= 0.6 is 11.6 Å². The summed E-state index contributed by atoms with van der Waals surface area (Å²) < 4.78 is 14.7. The third-order valence-electron chi connectivity index (χ3n) is 3.30. The number of hydrogen-bond donors (Lipinski definition) is 0. The normalized spacial score (nSPS) is 13.6. The highest BCUT2D eigenvalue weighted by Gasteiger charge is 2.28. The highest BCUT2D eigenvalue weighted by molar-refractivity contribution is 6.33. The maximum absolute atomic E-state index is 12.3. The zero-order chi connectivity index (χ0) is 17.7. The van der Waals surface area contributed by atoms with Crippen LogP contribution in [0.4, 0.5) is 5.69 Å². The summed E-state index contributed by atoms with van der Waals surface area (Å²) in [5.41, 5.74) is 0.543. The number of allylic oxidation sites excluding steroid dienone is 2. The lowest BCUT2D eigenvalue weighted by molar-refractivity contribution is -0.139. The van der Waals surface area contributed by atoms with E-state index in [4.69, 9.17) is 25.8 Å². The topological polar surface area (TPSA) is 65.1 Å². The first-order chi connectivity index (χ1) is 11.5. The van der Waals surface area contributed by atoms with Gasteiger partial charge >= 0.3 is 11.9 Å². The maximum atomic E-state index is 12.3. The number of anilines is 1. The van der Waals surface area contributed by atoms with Crippen LogP contribution in [0.1, 0.15) is 0 Å². The second-order valence-corrected chi connectivity index (χ2v) is 5.04. The van der Waals surface area contributed by atoms with Crippen molar-refractivity contribution in [2.75, 3.05) is 26.2 Å². The van der Waals surface area contributed by atoms with Crippen LogP contribution in [-0.2, 0) is 19.1 Å². The number of halogens is 1. The molecule has 0 unspecified atom stereocenters. The molecular formula is C17H16ClNO5. The Morgan fingerprint density at radius 2 is 1.75 bits per heavy atom. The predicted molar refractivity (Wildman–Crippen MR) is 89.8 cm³/mol. The fourth-order valence-corrected chi connectivity index (χ4v) is 2.42. The molecule has 0 saturated heterocycles. The van der Waals surface area contributed by atoms with Crippen molar-refractivity contribution in [3.05, 3.63) is 58.9 Å². The first-order valence-electron chi connectivity index (χ1n) is 6.92. The Morgan fingerprint density at radius 3 is 2.33 bits per heavy atom. The minimum atomic E-state index is -0.696. The van der Waals surface area contributed by atoms with Crippen molar-refractivity contribution >= 4 is 29.2 Å². The van der Waals surface area contributed by atoms with Crippen LogP contribution in [-0.4, -0.2) is 33.3 Å². The van der Waals surface area contributed by atoms with Crippen LogP contribution in [0.3, 0.4) is 0 Å². The summed E-state index contributed by atoms with van der Waals surface area (Å²) in [4.78, 5) is 25.8. The lowest BCUT2D eigenvalue weighted by atomic mass is 10.1. The first kappa shape index (κ1) is 17.6. The monoisotopic (exact) mass is 349 g/mol. The Balaban J connectivity index is 2.65. The molecule has 0 aromatic heterocycles. The van der Waals surface area contributed by atoms with Crippen molar-refractivity contribution in [2.45, 2.75) is 0 Å². The number of hydrogen-bond acceptors (Lipinski definition) is 6. The molecule has 0 atom stereocenters. The van der Waals surface area contributed by atoms with E-state index in [9.17, 15) is 9.59 Å². The minimum Gasteiger partial charge on any atom is -0.497 e. The number of rotatable bonds is 4. The standard InChI is InChI=1S/C17H16ClNO5/c1-22-11-7-8-14(13(18)10-11)19-9-5-4-6-12(16(20)23-2)15(19)17(21)24-3/h4-10H,1-3H3. The summed E-state index contributed by atoms with van der Waals surface area (Å²) in [6.07, 6.45) is 6.37. The summed E-state index contributed by atoms with van der Waals surface area (Å²) in [6.45, 7) is 0. The summed E-state index contributed by atoms with van der Waals surface area (Å²) in [5.74, 6) is -0.791. The van der Waals surface area contributed by atoms with Gasteiger partial charge in [0.25, 0.3) is 0 Å². The van der Waals surface area contributed by atoms with Crippen molar-refractivity contribution < 1.29 is 23.8 Å². The van der Waals surface area contributed by atoms with Gasteiger partial charge in [-0.15, -0.1) is 0 Å². The van der Waals surface area contributed by atoms with Crippen LogP contribution in [0.25, 0.3) is 0 Å². The lowest BCUT2D eigenvalue weighted by Gasteiger charge is -2.24. The fraction of sp³-hybridized carbons (Fsp3) is 0.176. The molecule has 2 rings (SSSR count). The Morgan fingerprint density at radius 1 is 1.04 bits per heavy atom. The molecule has 0 bridgehead atoms. The molecule has 0 radical (unpaired) electrons.